The van der Waals surface area contributed by atoms with Gasteiger partial charge in [-0.2, -0.15) is 0 Å². The summed E-state index contributed by atoms with van der Waals surface area (Å²) in [5.74, 6) is 0.543. The maximum absolute atomic E-state index is 10.6. The molecule has 1 amide bonds. The van der Waals surface area contributed by atoms with Gasteiger partial charge < -0.3 is 5.73 Å². The van der Waals surface area contributed by atoms with Gasteiger partial charge in [-0.25, -0.2) is 0 Å². The number of hydrogen-bond acceptors (Lipinski definition) is 1. The first-order valence-corrected chi connectivity index (χ1v) is 5.72. The topological polar surface area (TPSA) is 43.1 Å². The maximum Gasteiger partial charge on any atom is 0.217 e. The molecule has 0 bridgehead atoms. The van der Waals surface area contributed by atoms with E-state index in [0.717, 1.165) is 12.8 Å². The summed E-state index contributed by atoms with van der Waals surface area (Å²) < 4.78 is 0. The largest absolute Gasteiger partial charge is 0.370 e. The van der Waals surface area contributed by atoms with Gasteiger partial charge in [0.25, 0.3) is 0 Å². The van der Waals surface area contributed by atoms with E-state index >= 15 is 0 Å². The van der Waals surface area contributed by atoms with E-state index < -0.39 is 0 Å². The number of amides is 1. The molecule has 0 heterocycles. The van der Waals surface area contributed by atoms with Crippen molar-refractivity contribution in [2.24, 2.45) is 17.1 Å². The van der Waals surface area contributed by atoms with Gasteiger partial charge in [-0.15, -0.1) is 0 Å². The summed E-state index contributed by atoms with van der Waals surface area (Å²) in [5, 5.41) is 0. The lowest BCUT2D eigenvalue weighted by atomic mass is 9.73. The van der Waals surface area contributed by atoms with Crippen LogP contribution in [-0.2, 0) is 4.79 Å². The van der Waals surface area contributed by atoms with E-state index in [9.17, 15) is 4.79 Å². The highest BCUT2D eigenvalue weighted by atomic mass is 16.1. The molecule has 0 aromatic carbocycles. The molecule has 0 saturated carbocycles. The zero-order valence-corrected chi connectivity index (χ0v) is 10.1. The maximum atomic E-state index is 10.6. The van der Waals surface area contributed by atoms with E-state index in [0.29, 0.717) is 17.8 Å². The number of nitrogens with two attached hydrogens (primary N) is 1. The number of carbonyl (C=O) groups is 1. The number of primary amides is 1. The molecular formula is C12H25NO. The molecule has 0 spiro atoms. The van der Waals surface area contributed by atoms with E-state index in [1.165, 1.54) is 12.8 Å². The third-order valence-electron chi connectivity index (χ3n) is 3.48. The molecule has 0 rings (SSSR count). The zero-order chi connectivity index (χ0) is 11.2. The Hall–Kier alpha value is -0.530. The summed E-state index contributed by atoms with van der Waals surface area (Å²) in [4.78, 5) is 10.6. The van der Waals surface area contributed by atoms with Gasteiger partial charge in [-0.1, -0.05) is 40.5 Å². The molecule has 0 fully saturated rings. The Bertz CT molecular complexity index is 175. The van der Waals surface area contributed by atoms with Crippen molar-refractivity contribution < 1.29 is 4.79 Å². The lowest BCUT2D eigenvalue weighted by Crippen LogP contribution is -2.23. The Balaban J connectivity index is 3.97. The van der Waals surface area contributed by atoms with Crippen LogP contribution in [0.25, 0.3) is 0 Å². The minimum Gasteiger partial charge on any atom is -0.370 e. The van der Waals surface area contributed by atoms with Gasteiger partial charge in [0.05, 0.1) is 0 Å². The Morgan fingerprint density at radius 3 is 2.29 bits per heavy atom. The fourth-order valence-electron chi connectivity index (χ4n) is 1.96. The van der Waals surface area contributed by atoms with Gasteiger partial charge in [0, 0.05) is 6.42 Å². The minimum atomic E-state index is -0.172. The smallest absolute Gasteiger partial charge is 0.217 e. The number of hydrogen-bond donors (Lipinski definition) is 1. The molecule has 84 valence electrons. The zero-order valence-electron chi connectivity index (χ0n) is 10.1. The van der Waals surface area contributed by atoms with Crippen molar-refractivity contribution in [1.29, 1.82) is 0 Å². The van der Waals surface area contributed by atoms with Crippen LogP contribution in [0, 0.1) is 11.3 Å². The van der Waals surface area contributed by atoms with Gasteiger partial charge in [0.15, 0.2) is 0 Å². The molecule has 0 aromatic heterocycles. The molecule has 2 nitrogen and oxygen atoms in total. The predicted molar refractivity (Wildman–Crippen MR) is 60.9 cm³/mol. The van der Waals surface area contributed by atoms with Crippen LogP contribution in [0.2, 0.25) is 0 Å². The first kappa shape index (κ1) is 13.5. The monoisotopic (exact) mass is 199 g/mol. The quantitative estimate of drug-likeness (QED) is 0.672. The molecule has 0 radical (unpaired) electrons. The Labute approximate surface area is 88.3 Å². The SMILES string of the molecule is CCC(CCCC(N)=O)C(C)(C)CC. The highest BCUT2D eigenvalue weighted by Crippen LogP contribution is 2.35. The lowest BCUT2D eigenvalue weighted by Gasteiger charge is -2.33. The minimum absolute atomic E-state index is 0.172. The second-order valence-corrected chi connectivity index (χ2v) is 4.81. The Morgan fingerprint density at radius 1 is 1.36 bits per heavy atom. The first-order valence-electron chi connectivity index (χ1n) is 5.72. The van der Waals surface area contributed by atoms with Crippen LogP contribution in [0.4, 0.5) is 0 Å². The van der Waals surface area contributed by atoms with Crippen LogP contribution >= 0.6 is 0 Å². The molecule has 1 unspecified atom stereocenters. The van der Waals surface area contributed by atoms with Gasteiger partial charge in [0.1, 0.15) is 0 Å². The van der Waals surface area contributed by atoms with Crippen LogP contribution in [0.1, 0.15) is 59.8 Å². The van der Waals surface area contributed by atoms with E-state index in [4.69, 9.17) is 5.73 Å². The van der Waals surface area contributed by atoms with Crippen molar-refractivity contribution in [3.05, 3.63) is 0 Å². The van der Waals surface area contributed by atoms with E-state index in [2.05, 4.69) is 27.7 Å². The van der Waals surface area contributed by atoms with E-state index in [1.54, 1.807) is 0 Å². The third kappa shape index (κ3) is 4.64. The van der Waals surface area contributed by atoms with Crippen molar-refractivity contribution in [1.82, 2.24) is 0 Å². The number of carbonyl (C=O) groups excluding carboxylic acids is 1. The van der Waals surface area contributed by atoms with Crippen LogP contribution in [0.15, 0.2) is 0 Å². The van der Waals surface area contributed by atoms with E-state index in [-0.39, 0.29) is 5.91 Å². The average molecular weight is 199 g/mol. The first-order chi connectivity index (χ1) is 6.44. The third-order valence-corrected chi connectivity index (χ3v) is 3.48. The van der Waals surface area contributed by atoms with Gasteiger partial charge >= 0.3 is 0 Å². The van der Waals surface area contributed by atoms with Crippen LogP contribution in [-0.4, -0.2) is 5.91 Å². The highest BCUT2D eigenvalue weighted by Gasteiger charge is 2.25. The van der Waals surface area contributed by atoms with Crippen LogP contribution < -0.4 is 5.73 Å². The second-order valence-electron chi connectivity index (χ2n) is 4.81. The highest BCUT2D eigenvalue weighted by molar-refractivity contribution is 5.73. The predicted octanol–water partition coefficient (Wildman–Crippen LogP) is 3.10. The van der Waals surface area contributed by atoms with Crippen molar-refractivity contribution in [3.8, 4) is 0 Å². The van der Waals surface area contributed by atoms with E-state index in [1.807, 2.05) is 0 Å². The molecule has 0 aliphatic rings. The molecule has 1 atom stereocenters. The second kappa shape index (κ2) is 6.05. The molecule has 0 aliphatic carbocycles. The molecule has 0 aliphatic heterocycles. The molecule has 0 saturated heterocycles. The molecule has 0 aromatic rings. The van der Waals surface area contributed by atoms with Gasteiger partial charge in [0.2, 0.25) is 5.91 Å². The average Bonchev–Trinajstić information content (AvgIpc) is 2.11. The summed E-state index contributed by atoms with van der Waals surface area (Å²) in [6.45, 7) is 9.08. The fourth-order valence-corrected chi connectivity index (χ4v) is 1.96. The molecule has 2 N–H and O–H groups in total. The fraction of sp³-hybridized carbons (Fsp3) is 0.917. The standard InChI is InChI=1S/C12H25NO/c1-5-10(12(3,4)6-2)8-7-9-11(13)14/h10H,5-9H2,1-4H3,(H2,13,14). The summed E-state index contributed by atoms with van der Waals surface area (Å²) in [6.07, 6.45) is 5.00. The van der Waals surface area contributed by atoms with Crippen LogP contribution in [0.5, 0.6) is 0 Å². The summed E-state index contributed by atoms with van der Waals surface area (Å²) in [5.41, 5.74) is 5.52. The van der Waals surface area contributed by atoms with Crippen molar-refractivity contribution in [3.63, 3.8) is 0 Å². The lowest BCUT2D eigenvalue weighted by molar-refractivity contribution is -0.118. The van der Waals surface area contributed by atoms with Crippen LogP contribution in [0.3, 0.4) is 0 Å². The summed E-state index contributed by atoms with van der Waals surface area (Å²) >= 11 is 0. The molecule has 14 heavy (non-hydrogen) atoms. The Morgan fingerprint density at radius 2 is 1.93 bits per heavy atom. The molecular weight excluding hydrogens is 174 g/mol. The van der Waals surface area contributed by atoms with Gasteiger partial charge in [-0.3, -0.25) is 4.79 Å². The number of rotatable bonds is 7. The Kier molecular flexibility index (Phi) is 5.82. The van der Waals surface area contributed by atoms with Crippen molar-refractivity contribution in [2.75, 3.05) is 0 Å². The normalized spacial score (nSPS) is 14.0. The van der Waals surface area contributed by atoms with Gasteiger partial charge in [-0.05, 0) is 24.2 Å². The van der Waals surface area contributed by atoms with Crippen molar-refractivity contribution >= 4 is 5.91 Å². The molecule has 2 heteroatoms. The summed E-state index contributed by atoms with van der Waals surface area (Å²) in [7, 11) is 0. The summed E-state index contributed by atoms with van der Waals surface area (Å²) in [6, 6.07) is 0. The van der Waals surface area contributed by atoms with Crippen molar-refractivity contribution in [2.45, 2.75) is 59.8 Å².